The summed E-state index contributed by atoms with van der Waals surface area (Å²) in [5.41, 5.74) is 2.00. The maximum absolute atomic E-state index is 13.9. The van der Waals surface area contributed by atoms with Gasteiger partial charge in [-0.05, 0) is 47.4 Å². The highest BCUT2D eigenvalue weighted by atomic mass is 19.3. The number of halogens is 2. The number of phenolic OH excluding ortho intramolecular Hbond substituents is 1. The zero-order valence-electron chi connectivity index (χ0n) is 15.6. The smallest absolute Gasteiger partial charge is 0.274 e. The molecule has 1 unspecified atom stereocenters. The van der Waals surface area contributed by atoms with Gasteiger partial charge < -0.3 is 14.6 Å². The molecule has 0 radical (unpaired) electrons. The summed E-state index contributed by atoms with van der Waals surface area (Å²) in [6.07, 6.45) is -1.68. The average Bonchev–Trinajstić information content (AvgIpc) is 2.74. The van der Waals surface area contributed by atoms with Crippen molar-refractivity contribution >= 4 is 5.57 Å². The average molecular weight is 394 g/mol. The normalized spacial score (nSPS) is 13.6. The van der Waals surface area contributed by atoms with E-state index in [0.29, 0.717) is 30.3 Å². The van der Waals surface area contributed by atoms with Gasteiger partial charge in [-0.15, -0.1) is 0 Å². The van der Waals surface area contributed by atoms with Gasteiger partial charge in [-0.2, -0.15) is 8.78 Å². The van der Waals surface area contributed by atoms with Gasteiger partial charge in [0, 0.05) is 11.5 Å². The number of phenols is 1. The Hall–Kier alpha value is -3.34. The summed E-state index contributed by atoms with van der Waals surface area (Å²) in [6.45, 7) is 0.950. The highest BCUT2D eigenvalue weighted by Gasteiger charge is 2.23. The number of ether oxygens (including phenoxy) is 2. The fraction of sp³-hybridized carbons (Fsp3) is 0.167. The lowest BCUT2D eigenvalue weighted by Gasteiger charge is -2.23. The van der Waals surface area contributed by atoms with E-state index in [1.807, 2.05) is 48.5 Å². The van der Waals surface area contributed by atoms with Crippen LogP contribution in [0.2, 0.25) is 0 Å². The lowest BCUT2D eigenvalue weighted by molar-refractivity contribution is 0.171. The Kier molecular flexibility index (Phi) is 5.47. The second-order valence-corrected chi connectivity index (χ2v) is 6.86. The maximum Gasteiger partial charge on any atom is 0.274 e. The number of allylic oxidation sites excluding steroid dienone is 1. The van der Waals surface area contributed by atoms with Gasteiger partial charge >= 0.3 is 0 Å². The van der Waals surface area contributed by atoms with Crippen LogP contribution < -0.4 is 9.47 Å². The molecule has 1 heterocycles. The van der Waals surface area contributed by atoms with Crippen LogP contribution in [0.1, 0.15) is 29.0 Å². The molecule has 0 aromatic heterocycles. The molecule has 4 rings (SSSR count). The second-order valence-electron chi connectivity index (χ2n) is 6.86. The first kappa shape index (κ1) is 19.0. The van der Waals surface area contributed by atoms with E-state index in [2.05, 4.69) is 0 Å². The van der Waals surface area contributed by atoms with E-state index in [4.69, 9.17) is 9.47 Å². The van der Waals surface area contributed by atoms with E-state index in [0.717, 1.165) is 11.1 Å². The Labute approximate surface area is 167 Å². The zero-order valence-corrected chi connectivity index (χ0v) is 15.6. The molecule has 29 heavy (non-hydrogen) atoms. The topological polar surface area (TPSA) is 38.7 Å². The Morgan fingerprint density at radius 1 is 0.828 bits per heavy atom. The van der Waals surface area contributed by atoms with Gasteiger partial charge in [0.15, 0.2) is 11.5 Å². The molecule has 0 bridgehead atoms. The molecule has 0 fully saturated rings. The fourth-order valence-electron chi connectivity index (χ4n) is 3.59. The van der Waals surface area contributed by atoms with Crippen molar-refractivity contribution in [3.8, 4) is 17.2 Å². The minimum absolute atomic E-state index is 0.0446. The molecule has 0 saturated heterocycles. The van der Waals surface area contributed by atoms with Crippen molar-refractivity contribution < 1.29 is 23.4 Å². The summed E-state index contributed by atoms with van der Waals surface area (Å²) in [6, 6.07) is 21.1. The van der Waals surface area contributed by atoms with Crippen molar-refractivity contribution in [2.75, 3.05) is 13.2 Å². The minimum atomic E-state index is -1.76. The van der Waals surface area contributed by atoms with E-state index in [1.165, 1.54) is 12.1 Å². The molecule has 3 nitrogen and oxygen atoms in total. The van der Waals surface area contributed by atoms with Crippen molar-refractivity contribution in [3.63, 3.8) is 0 Å². The molecule has 1 aliphatic heterocycles. The Bertz CT molecular complexity index is 1030. The molecule has 0 amide bonds. The molecule has 148 valence electrons. The van der Waals surface area contributed by atoms with Crippen LogP contribution in [0.15, 0.2) is 78.9 Å². The van der Waals surface area contributed by atoms with Crippen molar-refractivity contribution in [2.45, 2.75) is 12.3 Å². The van der Waals surface area contributed by atoms with Gasteiger partial charge in [0.05, 0.1) is 0 Å². The summed E-state index contributed by atoms with van der Waals surface area (Å²) < 4.78 is 39.1. The first-order valence-corrected chi connectivity index (χ1v) is 9.40. The van der Waals surface area contributed by atoms with Crippen LogP contribution in [-0.2, 0) is 0 Å². The zero-order chi connectivity index (χ0) is 20.2. The van der Waals surface area contributed by atoms with Crippen LogP contribution in [0.4, 0.5) is 8.78 Å². The molecule has 1 atom stereocenters. The first-order chi connectivity index (χ1) is 14.1. The molecule has 0 saturated carbocycles. The third-order valence-corrected chi connectivity index (χ3v) is 5.00. The van der Waals surface area contributed by atoms with E-state index in [9.17, 15) is 13.9 Å². The highest BCUT2D eigenvalue weighted by molar-refractivity contribution is 5.69. The molecule has 0 aliphatic carbocycles. The first-order valence-electron chi connectivity index (χ1n) is 9.40. The molecular weight excluding hydrogens is 374 g/mol. The number of benzene rings is 3. The summed E-state index contributed by atoms with van der Waals surface area (Å²) in [5, 5.41) is 9.75. The molecule has 1 N–H and O–H groups in total. The molecule has 3 aromatic carbocycles. The van der Waals surface area contributed by atoms with Crippen LogP contribution in [0, 0.1) is 0 Å². The molecule has 0 spiro atoms. The largest absolute Gasteiger partial charge is 0.508 e. The number of rotatable bonds is 5. The summed E-state index contributed by atoms with van der Waals surface area (Å²) in [5.74, 6) is 0.924. The van der Waals surface area contributed by atoms with Gasteiger partial charge in [0.25, 0.3) is 6.08 Å². The third kappa shape index (κ3) is 4.24. The van der Waals surface area contributed by atoms with Crippen LogP contribution >= 0.6 is 0 Å². The summed E-state index contributed by atoms with van der Waals surface area (Å²) in [4.78, 5) is 0. The highest BCUT2D eigenvalue weighted by Crippen LogP contribution is 2.40. The molecular formula is C24H20F2O3. The molecule has 5 heteroatoms. The predicted octanol–water partition coefficient (Wildman–Crippen LogP) is 5.99. The van der Waals surface area contributed by atoms with Crippen molar-refractivity contribution in [1.82, 2.24) is 0 Å². The van der Waals surface area contributed by atoms with Gasteiger partial charge in [-0.3, -0.25) is 0 Å². The van der Waals surface area contributed by atoms with Crippen LogP contribution in [0.25, 0.3) is 5.57 Å². The van der Waals surface area contributed by atoms with E-state index in [1.54, 1.807) is 12.1 Å². The van der Waals surface area contributed by atoms with Crippen molar-refractivity contribution in [1.29, 1.82) is 0 Å². The van der Waals surface area contributed by atoms with Gasteiger partial charge in [0.1, 0.15) is 19.0 Å². The summed E-state index contributed by atoms with van der Waals surface area (Å²) in [7, 11) is 0. The van der Waals surface area contributed by atoms with Crippen LogP contribution in [0.3, 0.4) is 0 Å². The SMILES string of the molecule is Oc1cccc(C(CC(c2ccccc2)c2ccc3c(c2)OCCO3)=C(F)F)c1. The lowest BCUT2D eigenvalue weighted by atomic mass is 9.84. The minimum Gasteiger partial charge on any atom is -0.508 e. The molecule has 1 aliphatic rings. The van der Waals surface area contributed by atoms with Gasteiger partial charge in [0.2, 0.25) is 0 Å². The van der Waals surface area contributed by atoms with Gasteiger partial charge in [-0.1, -0.05) is 48.5 Å². The fourth-order valence-corrected chi connectivity index (χ4v) is 3.59. The third-order valence-electron chi connectivity index (χ3n) is 5.00. The number of hydrogen-bond acceptors (Lipinski definition) is 3. The van der Waals surface area contributed by atoms with Gasteiger partial charge in [-0.25, -0.2) is 0 Å². The summed E-state index contributed by atoms with van der Waals surface area (Å²) >= 11 is 0. The second kappa shape index (κ2) is 8.35. The number of fused-ring (bicyclic) bond motifs is 1. The van der Waals surface area contributed by atoms with E-state index >= 15 is 0 Å². The Balaban J connectivity index is 1.76. The number of hydrogen-bond donors (Lipinski definition) is 1. The Morgan fingerprint density at radius 2 is 1.59 bits per heavy atom. The monoisotopic (exact) mass is 394 g/mol. The number of aromatic hydroxyl groups is 1. The van der Waals surface area contributed by atoms with Crippen molar-refractivity contribution in [2.24, 2.45) is 0 Å². The van der Waals surface area contributed by atoms with Crippen LogP contribution in [0.5, 0.6) is 17.2 Å². The Morgan fingerprint density at radius 3 is 2.31 bits per heavy atom. The maximum atomic E-state index is 13.9. The molecule has 3 aromatic rings. The van der Waals surface area contributed by atoms with Crippen LogP contribution in [-0.4, -0.2) is 18.3 Å². The van der Waals surface area contributed by atoms with Crippen molar-refractivity contribution in [3.05, 3.63) is 95.6 Å². The quantitative estimate of drug-likeness (QED) is 0.577. The van der Waals surface area contributed by atoms with E-state index < -0.39 is 6.08 Å². The standard InChI is InChI=1S/C24H20F2O3/c25-24(26)21(17-7-4-8-19(27)13-17)15-20(16-5-2-1-3-6-16)18-9-10-22-23(14-18)29-12-11-28-22/h1-10,13-14,20,27H,11-12,15H2. The van der Waals surface area contributed by atoms with E-state index in [-0.39, 0.29) is 23.7 Å². The lowest BCUT2D eigenvalue weighted by Crippen LogP contribution is -2.15. The predicted molar refractivity (Wildman–Crippen MR) is 108 cm³/mol.